The molecule has 17 heavy (non-hydrogen) atoms. The molecule has 0 radical (unpaired) electrons. The summed E-state index contributed by atoms with van der Waals surface area (Å²) in [6.07, 6.45) is 0.969. The van der Waals surface area contributed by atoms with Crippen LogP contribution in [0.25, 0.3) is 0 Å². The fraction of sp³-hybridized carbons (Fsp3) is 0.556. The molecule has 0 aliphatic rings. The summed E-state index contributed by atoms with van der Waals surface area (Å²) in [5, 5.41) is 21.1. The Labute approximate surface area is 98.0 Å². The third-order valence-electron chi connectivity index (χ3n) is 2.03. The van der Waals surface area contributed by atoms with Crippen molar-refractivity contribution in [3.05, 3.63) is 11.9 Å². The van der Waals surface area contributed by atoms with E-state index in [0.29, 0.717) is 12.2 Å². The predicted molar refractivity (Wildman–Crippen MR) is 57.9 cm³/mol. The highest BCUT2D eigenvalue weighted by Gasteiger charge is 2.09. The minimum absolute atomic E-state index is 0.107. The van der Waals surface area contributed by atoms with Gasteiger partial charge in [0.1, 0.15) is 5.69 Å². The van der Waals surface area contributed by atoms with E-state index in [-0.39, 0.29) is 6.42 Å². The number of aliphatic hydroxyl groups excluding tert-OH is 1. The number of aliphatic hydroxyl groups is 1. The minimum atomic E-state index is -0.691. The molecule has 0 spiro atoms. The molecule has 3 N–H and O–H groups in total. The second-order valence-electron chi connectivity index (χ2n) is 3.46. The first-order valence-corrected chi connectivity index (χ1v) is 5.12. The summed E-state index contributed by atoms with van der Waals surface area (Å²) in [6.45, 7) is 1.87. The maximum absolute atomic E-state index is 11.2. The molecular weight excluding hydrogens is 226 g/mol. The second kappa shape index (κ2) is 5.94. The lowest BCUT2D eigenvalue weighted by molar-refractivity contribution is -0.120. The van der Waals surface area contributed by atoms with E-state index >= 15 is 0 Å². The number of aromatic nitrogens is 3. The van der Waals surface area contributed by atoms with Crippen molar-refractivity contribution in [1.82, 2.24) is 25.6 Å². The van der Waals surface area contributed by atoms with Crippen molar-refractivity contribution in [3.8, 4) is 0 Å². The van der Waals surface area contributed by atoms with Gasteiger partial charge in [0.2, 0.25) is 5.91 Å². The molecule has 1 aromatic rings. The van der Waals surface area contributed by atoms with Gasteiger partial charge in [0, 0.05) is 13.5 Å². The molecular formula is C9H15N5O3. The zero-order valence-corrected chi connectivity index (χ0v) is 9.67. The zero-order valence-electron chi connectivity index (χ0n) is 9.67. The number of urea groups is 1. The third kappa shape index (κ3) is 4.19. The van der Waals surface area contributed by atoms with E-state index in [1.165, 1.54) is 11.7 Å². The molecule has 8 nitrogen and oxygen atoms in total. The van der Waals surface area contributed by atoms with E-state index < -0.39 is 18.0 Å². The van der Waals surface area contributed by atoms with Crippen LogP contribution in [0.4, 0.5) is 4.79 Å². The van der Waals surface area contributed by atoms with Crippen LogP contribution in [0.1, 0.15) is 25.1 Å². The molecule has 8 heteroatoms. The Hall–Kier alpha value is -1.96. The molecule has 0 aromatic carbocycles. The van der Waals surface area contributed by atoms with Crippen LogP contribution in [0.2, 0.25) is 0 Å². The summed E-state index contributed by atoms with van der Waals surface area (Å²) in [5.41, 5.74) is 0.441. The van der Waals surface area contributed by atoms with Gasteiger partial charge in [-0.05, 0) is 6.92 Å². The van der Waals surface area contributed by atoms with Crippen LogP contribution in [-0.4, -0.2) is 39.1 Å². The highest BCUT2D eigenvalue weighted by atomic mass is 16.3. The lowest BCUT2D eigenvalue weighted by Gasteiger charge is -2.02. The molecule has 1 heterocycles. The van der Waals surface area contributed by atoms with Crippen molar-refractivity contribution >= 4 is 11.9 Å². The standard InChI is InChI=1S/C9H15N5O3/c1-6(15)7-5-14(13-12-7)4-3-8(16)11-9(17)10-2/h5-6,15H,3-4H2,1-2H3,(H2,10,11,16,17). The Bertz CT molecular complexity index is 401. The highest BCUT2D eigenvalue weighted by Crippen LogP contribution is 2.06. The van der Waals surface area contributed by atoms with Gasteiger partial charge in [-0.3, -0.25) is 14.8 Å². The molecule has 1 unspecified atom stereocenters. The Morgan fingerprint density at radius 1 is 1.59 bits per heavy atom. The average molecular weight is 241 g/mol. The number of hydrogen-bond acceptors (Lipinski definition) is 5. The molecule has 1 aromatic heterocycles. The van der Waals surface area contributed by atoms with E-state index in [2.05, 4.69) is 20.9 Å². The summed E-state index contributed by atoms with van der Waals surface area (Å²) in [7, 11) is 1.43. The van der Waals surface area contributed by atoms with E-state index in [4.69, 9.17) is 0 Å². The number of nitrogens with one attached hydrogen (secondary N) is 2. The molecule has 0 aliphatic carbocycles. The number of amides is 3. The molecule has 0 fully saturated rings. The molecule has 0 saturated heterocycles. The average Bonchev–Trinajstić information content (AvgIpc) is 2.75. The van der Waals surface area contributed by atoms with Gasteiger partial charge < -0.3 is 10.4 Å². The molecule has 1 rings (SSSR count). The Morgan fingerprint density at radius 3 is 2.82 bits per heavy atom. The quantitative estimate of drug-likeness (QED) is 0.638. The highest BCUT2D eigenvalue weighted by molar-refractivity contribution is 5.94. The summed E-state index contributed by atoms with van der Waals surface area (Å²) in [5.74, 6) is -0.404. The van der Waals surface area contributed by atoms with Crippen LogP contribution in [0, 0.1) is 0 Å². The van der Waals surface area contributed by atoms with Crippen LogP contribution in [0.15, 0.2) is 6.20 Å². The first kappa shape index (κ1) is 13.1. The van der Waals surface area contributed by atoms with E-state index in [1.54, 1.807) is 13.1 Å². The fourth-order valence-electron chi connectivity index (χ4n) is 1.08. The molecule has 0 saturated carbocycles. The maximum atomic E-state index is 11.2. The van der Waals surface area contributed by atoms with Gasteiger partial charge >= 0.3 is 6.03 Å². The first-order chi connectivity index (χ1) is 8.02. The number of carbonyl (C=O) groups excluding carboxylic acids is 2. The van der Waals surface area contributed by atoms with Crippen molar-refractivity contribution in [3.63, 3.8) is 0 Å². The van der Waals surface area contributed by atoms with Gasteiger partial charge in [-0.25, -0.2) is 4.79 Å². The zero-order chi connectivity index (χ0) is 12.8. The van der Waals surface area contributed by atoms with Gasteiger partial charge in [0.15, 0.2) is 0 Å². The smallest absolute Gasteiger partial charge is 0.321 e. The van der Waals surface area contributed by atoms with Crippen LogP contribution in [0.3, 0.4) is 0 Å². The molecule has 0 aliphatic heterocycles. The van der Waals surface area contributed by atoms with Crippen molar-refractivity contribution in [2.24, 2.45) is 0 Å². The number of nitrogens with zero attached hydrogens (tertiary/aromatic N) is 3. The first-order valence-electron chi connectivity index (χ1n) is 5.12. The lowest BCUT2D eigenvalue weighted by Crippen LogP contribution is -2.37. The monoisotopic (exact) mass is 241 g/mol. The number of aryl methyl sites for hydroxylation is 1. The predicted octanol–water partition coefficient (Wildman–Crippen LogP) is -0.823. The fourth-order valence-corrected chi connectivity index (χ4v) is 1.08. The van der Waals surface area contributed by atoms with Crippen LogP contribution >= 0.6 is 0 Å². The van der Waals surface area contributed by atoms with Crippen LogP contribution in [0.5, 0.6) is 0 Å². The molecule has 94 valence electrons. The van der Waals surface area contributed by atoms with Gasteiger partial charge in [-0.15, -0.1) is 5.10 Å². The van der Waals surface area contributed by atoms with Crippen LogP contribution < -0.4 is 10.6 Å². The largest absolute Gasteiger partial charge is 0.387 e. The number of carbonyl (C=O) groups is 2. The summed E-state index contributed by atoms with van der Waals surface area (Å²) in [4.78, 5) is 22.1. The van der Waals surface area contributed by atoms with E-state index in [1.807, 2.05) is 0 Å². The van der Waals surface area contributed by atoms with Gasteiger partial charge in [0.25, 0.3) is 0 Å². The number of hydrogen-bond donors (Lipinski definition) is 3. The number of rotatable bonds is 4. The normalized spacial score (nSPS) is 11.9. The Balaban J connectivity index is 2.39. The Morgan fingerprint density at radius 2 is 2.29 bits per heavy atom. The van der Waals surface area contributed by atoms with Crippen molar-refractivity contribution < 1.29 is 14.7 Å². The maximum Gasteiger partial charge on any atom is 0.321 e. The van der Waals surface area contributed by atoms with E-state index in [9.17, 15) is 14.7 Å². The lowest BCUT2D eigenvalue weighted by atomic mass is 10.3. The summed E-state index contributed by atoms with van der Waals surface area (Å²) < 4.78 is 1.44. The topological polar surface area (TPSA) is 109 Å². The Kier molecular flexibility index (Phi) is 4.58. The van der Waals surface area contributed by atoms with Gasteiger partial charge in [-0.1, -0.05) is 5.21 Å². The number of imide groups is 1. The minimum Gasteiger partial charge on any atom is -0.387 e. The SMILES string of the molecule is CNC(=O)NC(=O)CCn1cc(C(C)O)nn1. The van der Waals surface area contributed by atoms with Crippen LogP contribution in [-0.2, 0) is 11.3 Å². The summed E-state index contributed by atoms with van der Waals surface area (Å²) in [6, 6.07) is -0.543. The van der Waals surface area contributed by atoms with Gasteiger partial charge in [-0.2, -0.15) is 0 Å². The molecule has 3 amide bonds. The van der Waals surface area contributed by atoms with Gasteiger partial charge in [0.05, 0.1) is 18.8 Å². The second-order valence-corrected chi connectivity index (χ2v) is 3.46. The van der Waals surface area contributed by atoms with Crippen molar-refractivity contribution in [2.75, 3.05) is 7.05 Å². The molecule has 1 atom stereocenters. The van der Waals surface area contributed by atoms with Crippen molar-refractivity contribution in [1.29, 1.82) is 0 Å². The van der Waals surface area contributed by atoms with E-state index in [0.717, 1.165) is 0 Å². The van der Waals surface area contributed by atoms with Crippen molar-refractivity contribution in [2.45, 2.75) is 26.0 Å². The summed E-state index contributed by atoms with van der Waals surface area (Å²) >= 11 is 0. The third-order valence-corrected chi connectivity index (χ3v) is 2.03. The molecule has 0 bridgehead atoms.